The van der Waals surface area contributed by atoms with E-state index < -0.39 is 0 Å². The third kappa shape index (κ3) is 3.65. The maximum absolute atomic E-state index is 8.93. The molecule has 2 aliphatic rings. The van der Waals surface area contributed by atoms with Crippen molar-refractivity contribution in [1.29, 1.82) is 0 Å². The Bertz CT molecular complexity index is 223. The van der Waals surface area contributed by atoms with Gasteiger partial charge in [0.15, 0.2) is 0 Å². The van der Waals surface area contributed by atoms with Gasteiger partial charge in [-0.25, -0.2) is 0 Å². The van der Waals surface area contributed by atoms with Gasteiger partial charge < -0.3 is 19.9 Å². The normalized spacial score (nSPS) is 30.4. The van der Waals surface area contributed by atoms with Crippen LogP contribution in [0.3, 0.4) is 0 Å². The fourth-order valence-electron chi connectivity index (χ4n) is 2.94. The second-order valence-electron chi connectivity index (χ2n) is 5.41. The van der Waals surface area contributed by atoms with E-state index in [1.165, 1.54) is 0 Å². The third-order valence-electron chi connectivity index (χ3n) is 3.98. The zero-order valence-corrected chi connectivity index (χ0v) is 10.8. The summed E-state index contributed by atoms with van der Waals surface area (Å²) < 4.78 is 11.4. The van der Waals surface area contributed by atoms with E-state index >= 15 is 0 Å². The molecule has 4 nitrogen and oxygen atoms in total. The second kappa shape index (κ2) is 6.14. The Morgan fingerprint density at radius 2 is 2.12 bits per heavy atom. The van der Waals surface area contributed by atoms with Crippen molar-refractivity contribution in [2.45, 2.75) is 56.7 Å². The van der Waals surface area contributed by atoms with Crippen molar-refractivity contribution in [2.75, 3.05) is 26.4 Å². The molecule has 2 N–H and O–H groups in total. The smallest absolute Gasteiger partial charge is 0.0741 e. The lowest BCUT2D eigenvalue weighted by atomic mass is 9.84. The van der Waals surface area contributed by atoms with Crippen LogP contribution < -0.4 is 5.32 Å². The van der Waals surface area contributed by atoms with Crippen molar-refractivity contribution in [3.05, 3.63) is 0 Å². The van der Waals surface area contributed by atoms with Crippen LogP contribution in [-0.2, 0) is 9.47 Å². The maximum Gasteiger partial charge on any atom is 0.0741 e. The molecule has 0 bridgehead atoms. The Morgan fingerprint density at radius 1 is 1.35 bits per heavy atom. The number of rotatable bonds is 4. The number of ether oxygens (including phenoxy) is 2. The highest BCUT2D eigenvalue weighted by atomic mass is 16.5. The molecule has 1 spiro atoms. The van der Waals surface area contributed by atoms with Crippen LogP contribution in [0.1, 0.15) is 39.0 Å². The van der Waals surface area contributed by atoms with E-state index in [-0.39, 0.29) is 12.2 Å². The minimum Gasteiger partial charge on any atom is -0.396 e. The molecule has 0 saturated carbocycles. The molecule has 0 aromatic carbocycles. The van der Waals surface area contributed by atoms with Gasteiger partial charge in [0.1, 0.15) is 0 Å². The predicted octanol–water partition coefficient (Wildman–Crippen LogP) is 1.08. The minimum atomic E-state index is 0.0626. The molecule has 0 aromatic heterocycles. The number of nitrogens with one attached hydrogen (secondary N) is 1. The summed E-state index contributed by atoms with van der Waals surface area (Å²) in [6.45, 7) is 4.92. The van der Waals surface area contributed by atoms with Crippen molar-refractivity contribution in [2.24, 2.45) is 0 Å². The monoisotopic (exact) mass is 243 g/mol. The Labute approximate surface area is 104 Å². The summed E-state index contributed by atoms with van der Waals surface area (Å²) in [7, 11) is 0. The Balaban J connectivity index is 1.83. The van der Waals surface area contributed by atoms with Crippen LogP contribution in [0.15, 0.2) is 0 Å². The fourth-order valence-corrected chi connectivity index (χ4v) is 2.94. The summed E-state index contributed by atoms with van der Waals surface area (Å²) in [6.07, 6.45) is 5.05. The van der Waals surface area contributed by atoms with Gasteiger partial charge in [-0.05, 0) is 39.0 Å². The van der Waals surface area contributed by atoms with Crippen molar-refractivity contribution >= 4 is 0 Å². The SMILES string of the molecule is CC(CCO)NC1CCOC2(CCOCC2)C1. The molecule has 2 aliphatic heterocycles. The molecule has 0 radical (unpaired) electrons. The topological polar surface area (TPSA) is 50.7 Å². The summed E-state index contributed by atoms with van der Waals surface area (Å²) in [5.74, 6) is 0. The van der Waals surface area contributed by atoms with Gasteiger partial charge in [-0.2, -0.15) is 0 Å². The molecule has 2 unspecified atom stereocenters. The molecule has 0 aromatic rings. The lowest BCUT2D eigenvalue weighted by molar-refractivity contribution is -0.140. The number of aliphatic hydroxyl groups excluding tert-OH is 1. The number of hydrogen-bond acceptors (Lipinski definition) is 4. The zero-order valence-electron chi connectivity index (χ0n) is 10.8. The van der Waals surface area contributed by atoms with Crippen molar-refractivity contribution in [1.82, 2.24) is 5.32 Å². The van der Waals surface area contributed by atoms with Gasteiger partial charge in [0.2, 0.25) is 0 Å². The van der Waals surface area contributed by atoms with Gasteiger partial charge in [-0.1, -0.05) is 0 Å². The lowest BCUT2D eigenvalue weighted by Crippen LogP contribution is -2.51. The van der Waals surface area contributed by atoms with Crippen molar-refractivity contribution in [3.8, 4) is 0 Å². The molecule has 0 aliphatic carbocycles. The molecule has 0 amide bonds. The Hall–Kier alpha value is -0.160. The van der Waals surface area contributed by atoms with E-state index in [0.717, 1.165) is 51.9 Å². The molecule has 2 atom stereocenters. The number of aliphatic hydroxyl groups is 1. The summed E-state index contributed by atoms with van der Waals surface area (Å²) in [4.78, 5) is 0. The quantitative estimate of drug-likeness (QED) is 0.775. The summed E-state index contributed by atoms with van der Waals surface area (Å²) >= 11 is 0. The van der Waals surface area contributed by atoms with E-state index in [2.05, 4.69) is 12.2 Å². The molecular weight excluding hydrogens is 218 g/mol. The summed E-state index contributed by atoms with van der Waals surface area (Å²) in [5, 5.41) is 12.5. The van der Waals surface area contributed by atoms with Crippen LogP contribution in [0.4, 0.5) is 0 Å². The van der Waals surface area contributed by atoms with Gasteiger partial charge in [0.05, 0.1) is 5.60 Å². The Kier molecular flexibility index (Phi) is 4.79. The third-order valence-corrected chi connectivity index (χ3v) is 3.98. The summed E-state index contributed by atoms with van der Waals surface area (Å²) in [5.41, 5.74) is 0.0626. The second-order valence-corrected chi connectivity index (χ2v) is 5.41. The number of hydrogen-bond donors (Lipinski definition) is 2. The molecular formula is C13H25NO3. The molecule has 2 rings (SSSR count). The first-order valence-corrected chi connectivity index (χ1v) is 6.83. The van der Waals surface area contributed by atoms with Crippen LogP contribution in [-0.4, -0.2) is 49.2 Å². The zero-order chi connectivity index (χ0) is 12.1. The van der Waals surface area contributed by atoms with E-state index in [9.17, 15) is 0 Å². The Morgan fingerprint density at radius 3 is 2.82 bits per heavy atom. The standard InChI is InChI=1S/C13H25NO3/c1-11(2-6-15)14-12-3-7-17-13(10-12)4-8-16-9-5-13/h11-12,14-15H,2-10H2,1H3. The largest absolute Gasteiger partial charge is 0.396 e. The average Bonchev–Trinajstić information content (AvgIpc) is 2.30. The predicted molar refractivity (Wildman–Crippen MR) is 66.1 cm³/mol. The van der Waals surface area contributed by atoms with Crippen LogP contribution >= 0.6 is 0 Å². The van der Waals surface area contributed by atoms with Gasteiger partial charge in [-0.15, -0.1) is 0 Å². The van der Waals surface area contributed by atoms with E-state index in [1.807, 2.05) is 0 Å². The van der Waals surface area contributed by atoms with E-state index in [1.54, 1.807) is 0 Å². The van der Waals surface area contributed by atoms with Gasteiger partial charge in [-0.3, -0.25) is 0 Å². The van der Waals surface area contributed by atoms with Crippen LogP contribution in [0.5, 0.6) is 0 Å². The molecule has 2 saturated heterocycles. The molecule has 2 heterocycles. The fraction of sp³-hybridized carbons (Fsp3) is 1.00. The van der Waals surface area contributed by atoms with E-state index in [4.69, 9.17) is 14.6 Å². The minimum absolute atomic E-state index is 0.0626. The first-order chi connectivity index (χ1) is 8.24. The lowest BCUT2D eigenvalue weighted by Gasteiger charge is -2.44. The first kappa shape index (κ1) is 13.3. The van der Waals surface area contributed by atoms with Gasteiger partial charge in [0, 0.05) is 38.5 Å². The summed E-state index contributed by atoms with van der Waals surface area (Å²) in [6, 6.07) is 0.920. The van der Waals surface area contributed by atoms with Crippen molar-refractivity contribution in [3.63, 3.8) is 0 Å². The highest BCUT2D eigenvalue weighted by Crippen LogP contribution is 2.34. The highest BCUT2D eigenvalue weighted by Gasteiger charge is 2.39. The van der Waals surface area contributed by atoms with Gasteiger partial charge >= 0.3 is 0 Å². The molecule has 4 heteroatoms. The average molecular weight is 243 g/mol. The maximum atomic E-state index is 8.93. The van der Waals surface area contributed by atoms with Crippen LogP contribution in [0, 0.1) is 0 Å². The van der Waals surface area contributed by atoms with Crippen LogP contribution in [0.25, 0.3) is 0 Å². The van der Waals surface area contributed by atoms with Crippen molar-refractivity contribution < 1.29 is 14.6 Å². The molecule has 100 valence electrons. The first-order valence-electron chi connectivity index (χ1n) is 6.83. The highest BCUT2D eigenvalue weighted by molar-refractivity contribution is 4.92. The molecule has 17 heavy (non-hydrogen) atoms. The molecule has 2 fully saturated rings. The van der Waals surface area contributed by atoms with Crippen LogP contribution in [0.2, 0.25) is 0 Å². The van der Waals surface area contributed by atoms with E-state index in [0.29, 0.717) is 12.1 Å². The van der Waals surface area contributed by atoms with Gasteiger partial charge in [0.25, 0.3) is 0 Å².